The molecule has 0 radical (unpaired) electrons. The summed E-state index contributed by atoms with van der Waals surface area (Å²) >= 11 is 0. The van der Waals surface area contributed by atoms with Gasteiger partial charge in [-0.05, 0) is 18.2 Å². The summed E-state index contributed by atoms with van der Waals surface area (Å²) in [6, 6.07) is 20.3. The van der Waals surface area contributed by atoms with E-state index in [2.05, 4.69) is 5.10 Å². The third kappa shape index (κ3) is 3.33. The first-order valence-corrected chi connectivity index (χ1v) is 7.31. The van der Waals surface area contributed by atoms with Crippen molar-refractivity contribution in [3.05, 3.63) is 72.4 Å². The Balaban J connectivity index is 2.03. The molecular formula is C18H15N3O3. The second-order valence-corrected chi connectivity index (χ2v) is 5.07. The van der Waals surface area contributed by atoms with E-state index in [-0.39, 0.29) is 5.69 Å². The first kappa shape index (κ1) is 15.5. The molecule has 0 aliphatic rings. The molecule has 24 heavy (non-hydrogen) atoms. The van der Waals surface area contributed by atoms with Crippen molar-refractivity contribution in [1.29, 1.82) is 0 Å². The molecule has 0 saturated heterocycles. The highest BCUT2D eigenvalue weighted by atomic mass is 16.5. The van der Waals surface area contributed by atoms with Crippen LogP contribution in [0.5, 0.6) is 0 Å². The molecule has 0 atom stereocenters. The van der Waals surface area contributed by atoms with E-state index in [0.717, 1.165) is 5.56 Å². The van der Waals surface area contributed by atoms with Gasteiger partial charge in [0, 0.05) is 5.56 Å². The van der Waals surface area contributed by atoms with Gasteiger partial charge in [0.15, 0.2) is 12.3 Å². The Morgan fingerprint density at radius 3 is 2.25 bits per heavy atom. The molecule has 0 aliphatic carbocycles. The van der Waals surface area contributed by atoms with E-state index in [4.69, 9.17) is 10.5 Å². The number of nitrogens with two attached hydrogens (primary N) is 1. The number of carbonyl (C=O) groups excluding carboxylic acids is 2. The SMILES string of the molecule is NC(=O)COC(=O)c1cc(-c2ccccc2)nn1-c1ccccc1. The van der Waals surface area contributed by atoms with Crippen molar-refractivity contribution in [2.45, 2.75) is 0 Å². The number of ether oxygens (including phenoxy) is 1. The second-order valence-electron chi connectivity index (χ2n) is 5.07. The number of para-hydroxylation sites is 1. The fourth-order valence-corrected chi connectivity index (χ4v) is 2.25. The Morgan fingerprint density at radius 1 is 1.00 bits per heavy atom. The molecule has 0 spiro atoms. The van der Waals surface area contributed by atoms with Crippen molar-refractivity contribution in [2.24, 2.45) is 5.73 Å². The lowest BCUT2D eigenvalue weighted by molar-refractivity contribution is -0.121. The zero-order valence-electron chi connectivity index (χ0n) is 12.8. The van der Waals surface area contributed by atoms with Crippen molar-refractivity contribution < 1.29 is 14.3 Å². The van der Waals surface area contributed by atoms with Crippen molar-refractivity contribution in [1.82, 2.24) is 9.78 Å². The molecule has 0 bridgehead atoms. The van der Waals surface area contributed by atoms with Gasteiger partial charge in [-0.2, -0.15) is 5.10 Å². The number of primary amides is 1. The Bertz CT molecular complexity index is 858. The average molecular weight is 321 g/mol. The molecular weight excluding hydrogens is 306 g/mol. The molecule has 120 valence electrons. The van der Waals surface area contributed by atoms with Crippen LogP contribution in [0.25, 0.3) is 16.9 Å². The number of esters is 1. The van der Waals surface area contributed by atoms with Crippen LogP contribution in [0.4, 0.5) is 0 Å². The van der Waals surface area contributed by atoms with Crippen LogP contribution in [0.3, 0.4) is 0 Å². The maximum absolute atomic E-state index is 12.3. The monoisotopic (exact) mass is 321 g/mol. The summed E-state index contributed by atoms with van der Waals surface area (Å²) < 4.78 is 6.42. The number of nitrogens with zero attached hydrogens (tertiary/aromatic N) is 2. The summed E-state index contributed by atoms with van der Waals surface area (Å²) in [6.07, 6.45) is 0. The minimum absolute atomic E-state index is 0.223. The van der Waals surface area contributed by atoms with E-state index in [1.807, 2.05) is 60.7 Å². The first-order chi connectivity index (χ1) is 11.6. The van der Waals surface area contributed by atoms with Crippen LogP contribution in [-0.2, 0) is 9.53 Å². The van der Waals surface area contributed by atoms with Crippen molar-refractivity contribution in [3.63, 3.8) is 0 Å². The molecule has 0 unspecified atom stereocenters. The summed E-state index contributed by atoms with van der Waals surface area (Å²) in [7, 11) is 0. The van der Waals surface area contributed by atoms with Gasteiger partial charge in [0.2, 0.25) is 0 Å². The lowest BCUT2D eigenvalue weighted by Crippen LogP contribution is -2.22. The minimum atomic E-state index is -0.711. The average Bonchev–Trinajstić information content (AvgIpc) is 3.06. The van der Waals surface area contributed by atoms with Crippen LogP contribution < -0.4 is 5.73 Å². The molecule has 3 rings (SSSR count). The highest BCUT2D eigenvalue weighted by Crippen LogP contribution is 2.22. The minimum Gasteiger partial charge on any atom is -0.451 e. The third-order valence-electron chi connectivity index (χ3n) is 3.33. The Hall–Kier alpha value is -3.41. The van der Waals surface area contributed by atoms with Crippen molar-refractivity contribution >= 4 is 11.9 Å². The lowest BCUT2D eigenvalue weighted by atomic mass is 10.1. The Labute approximate surface area is 138 Å². The fraction of sp³-hybridized carbons (Fsp3) is 0.0556. The Morgan fingerprint density at radius 2 is 1.62 bits per heavy atom. The van der Waals surface area contributed by atoms with Crippen LogP contribution in [0.15, 0.2) is 66.7 Å². The van der Waals surface area contributed by atoms with Crippen LogP contribution in [0, 0.1) is 0 Å². The van der Waals surface area contributed by atoms with E-state index >= 15 is 0 Å². The first-order valence-electron chi connectivity index (χ1n) is 7.31. The van der Waals surface area contributed by atoms with Gasteiger partial charge in [-0.3, -0.25) is 4.79 Å². The van der Waals surface area contributed by atoms with Crippen molar-refractivity contribution in [3.8, 4) is 16.9 Å². The number of carbonyl (C=O) groups is 2. The predicted molar refractivity (Wildman–Crippen MR) is 88.5 cm³/mol. The molecule has 1 heterocycles. The third-order valence-corrected chi connectivity index (χ3v) is 3.33. The van der Waals surface area contributed by atoms with E-state index in [1.165, 1.54) is 4.68 Å². The smallest absolute Gasteiger partial charge is 0.357 e. The summed E-state index contributed by atoms with van der Waals surface area (Å²) in [5.74, 6) is -1.37. The van der Waals surface area contributed by atoms with Crippen LogP contribution in [-0.4, -0.2) is 28.3 Å². The summed E-state index contributed by atoms with van der Waals surface area (Å²) in [6.45, 7) is -0.473. The zero-order valence-corrected chi connectivity index (χ0v) is 12.8. The van der Waals surface area contributed by atoms with Gasteiger partial charge in [-0.1, -0.05) is 48.5 Å². The number of amides is 1. The number of benzene rings is 2. The highest BCUT2D eigenvalue weighted by molar-refractivity contribution is 5.91. The number of hydrogen-bond acceptors (Lipinski definition) is 4. The summed E-state index contributed by atoms with van der Waals surface area (Å²) in [5.41, 5.74) is 7.46. The van der Waals surface area contributed by atoms with Crippen LogP contribution in [0.2, 0.25) is 0 Å². The second kappa shape index (κ2) is 6.78. The molecule has 3 aromatic rings. The van der Waals surface area contributed by atoms with Gasteiger partial charge >= 0.3 is 5.97 Å². The van der Waals surface area contributed by atoms with E-state index in [9.17, 15) is 9.59 Å². The van der Waals surface area contributed by atoms with E-state index in [0.29, 0.717) is 11.4 Å². The van der Waals surface area contributed by atoms with Gasteiger partial charge in [0.25, 0.3) is 5.91 Å². The summed E-state index contributed by atoms with van der Waals surface area (Å²) in [5, 5.41) is 4.50. The van der Waals surface area contributed by atoms with Gasteiger partial charge in [0.1, 0.15) is 0 Å². The summed E-state index contributed by atoms with van der Waals surface area (Å²) in [4.78, 5) is 23.1. The lowest BCUT2D eigenvalue weighted by Gasteiger charge is -2.06. The molecule has 0 fully saturated rings. The topological polar surface area (TPSA) is 87.2 Å². The molecule has 0 aliphatic heterocycles. The predicted octanol–water partition coefficient (Wildman–Crippen LogP) is 2.18. The largest absolute Gasteiger partial charge is 0.451 e. The maximum atomic E-state index is 12.3. The molecule has 2 aromatic carbocycles. The van der Waals surface area contributed by atoms with Crippen LogP contribution in [0.1, 0.15) is 10.5 Å². The number of hydrogen-bond donors (Lipinski definition) is 1. The molecule has 6 heteroatoms. The number of aromatic nitrogens is 2. The standard InChI is InChI=1S/C18H15N3O3/c19-17(22)12-24-18(23)16-11-15(13-7-3-1-4-8-13)20-21(16)14-9-5-2-6-10-14/h1-11H,12H2,(H2,19,22). The van der Waals surface area contributed by atoms with Crippen molar-refractivity contribution in [2.75, 3.05) is 6.61 Å². The zero-order chi connectivity index (χ0) is 16.9. The molecule has 2 N–H and O–H groups in total. The Kier molecular flexibility index (Phi) is 4.38. The van der Waals surface area contributed by atoms with E-state index in [1.54, 1.807) is 6.07 Å². The fourth-order valence-electron chi connectivity index (χ4n) is 2.25. The molecule has 6 nitrogen and oxygen atoms in total. The molecule has 1 aromatic heterocycles. The quantitative estimate of drug-likeness (QED) is 0.730. The van der Waals surface area contributed by atoms with Gasteiger partial charge in [-0.15, -0.1) is 0 Å². The van der Waals surface area contributed by atoms with Gasteiger partial charge in [0.05, 0.1) is 11.4 Å². The maximum Gasteiger partial charge on any atom is 0.357 e. The van der Waals surface area contributed by atoms with E-state index < -0.39 is 18.5 Å². The normalized spacial score (nSPS) is 10.3. The molecule has 0 saturated carbocycles. The van der Waals surface area contributed by atoms with Gasteiger partial charge < -0.3 is 10.5 Å². The number of rotatable bonds is 5. The van der Waals surface area contributed by atoms with Crippen LogP contribution >= 0.6 is 0 Å². The highest BCUT2D eigenvalue weighted by Gasteiger charge is 2.19. The molecule has 1 amide bonds. The van der Waals surface area contributed by atoms with Gasteiger partial charge in [-0.25, -0.2) is 9.48 Å².